The SMILES string of the molecule is CN(C)S(=O)(=O)N1CCCc2ccccc2CC1. The van der Waals surface area contributed by atoms with Crippen molar-refractivity contribution in [1.82, 2.24) is 8.61 Å². The van der Waals surface area contributed by atoms with Crippen LogP contribution in [0.3, 0.4) is 0 Å². The fourth-order valence-electron chi connectivity index (χ4n) is 2.31. The summed E-state index contributed by atoms with van der Waals surface area (Å²) in [5, 5.41) is 0. The van der Waals surface area contributed by atoms with Gasteiger partial charge in [-0.1, -0.05) is 24.3 Å². The van der Waals surface area contributed by atoms with Crippen LogP contribution in [0, 0.1) is 0 Å². The zero-order chi connectivity index (χ0) is 13.2. The molecule has 5 heteroatoms. The summed E-state index contributed by atoms with van der Waals surface area (Å²) in [6.45, 7) is 1.17. The summed E-state index contributed by atoms with van der Waals surface area (Å²) < 4.78 is 27.1. The lowest BCUT2D eigenvalue weighted by molar-refractivity contribution is 0.367. The maximum Gasteiger partial charge on any atom is 0.281 e. The van der Waals surface area contributed by atoms with Gasteiger partial charge in [-0.2, -0.15) is 17.0 Å². The van der Waals surface area contributed by atoms with Crippen molar-refractivity contribution in [1.29, 1.82) is 0 Å². The molecule has 100 valence electrons. The van der Waals surface area contributed by atoms with E-state index in [0.29, 0.717) is 13.1 Å². The van der Waals surface area contributed by atoms with E-state index in [9.17, 15) is 8.42 Å². The zero-order valence-corrected chi connectivity index (χ0v) is 11.8. The smallest absolute Gasteiger partial charge is 0.195 e. The first kappa shape index (κ1) is 13.5. The Labute approximate surface area is 109 Å². The van der Waals surface area contributed by atoms with Gasteiger partial charge in [0.25, 0.3) is 10.2 Å². The molecule has 0 spiro atoms. The highest BCUT2D eigenvalue weighted by atomic mass is 32.2. The number of hydrogen-bond donors (Lipinski definition) is 0. The van der Waals surface area contributed by atoms with Crippen molar-refractivity contribution in [3.8, 4) is 0 Å². The van der Waals surface area contributed by atoms with Gasteiger partial charge in [0.2, 0.25) is 0 Å². The Morgan fingerprint density at radius 3 is 2.28 bits per heavy atom. The van der Waals surface area contributed by atoms with Crippen LogP contribution in [0.15, 0.2) is 24.3 Å². The van der Waals surface area contributed by atoms with Crippen molar-refractivity contribution in [2.24, 2.45) is 0 Å². The van der Waals surface area contributed by atoms with Crippen LogP contribution >= 0.6 is 0 Å². The second-order valence-electron chi connectivity index (χ2n) is 4.81. The third kappa shape index (κ3) is 2.74. The van der Waals surface area contributed by atoms with Crippen LogP contribution < -0.4 is 0 Å². The van der Waals surface area contributed by atoms with Crippen molar-refractivity contribution in [2.45, 2.75) is 19.3 Å². The van der Waals surface area contributed by atoms with Crippen LogP contribution in [0.25, 0.3) is 0 Å². The quantitative estimate of drug-likeness (QED) is 0.811. The van der Waals surface area contributed by atoms with Gasteiger partial charge in [-0.05, 0) is 30.4 Å². The minimum Gasteiger partial charge on any atom is -0.195 e. The number of rotatable bonds is 2. The molecule has 0 radical (unpaired) electrons. The Morgan fingerprint density at radius 1 is 1.06 bits per heavy atom. The molecule has 1 aliphatic heterocycles. The lowest BCUT2D eigenvalue weighted by Crippen LogP contribution is -2.42. The van der Waals surface area contributed by atoms with Crippen LogP contribution in [0.4, 0.5) is 0 Å². The Bertz CT molecular complexity index is 511. The molecule has 0 bridgehead atoms. The monoisotopic (exact) mass is 268 g/mol. The summed E-state index contributed by atoms with van der Waals surface area (Å²) in [4.78, 5) is 0. The lowest BCUT2D eigenvalue weighted by Gasteiger charge is -2.27. The number of hydrogen-bond acceptors (Lipinski definition) is 2. The molecule has 4 nitrogen and oxygen atoms in total. The van der Waals surface area contributed by atoms with Crippen LogP contribution in [-0.2, 0) is 23.1 Å². The van der Waals surface area contributed by atoms with E-state index in [0.717, 1.165) is 19.3 Å². The van der Waals surface area contributed by atoms with E-state index in [2.05, 4.69) is 18.2 Å². The van der Waals surface area contributed by atoms with E-state index in [-0.39, 0.29) is 0 Å². The normalized spacial score (nSPS) is 18.2. The number of benzene rings is 1. The van der Waals surface area contributed by atoms with Gasteiger partial charge in [-0.3, -0.25) is 0 Å². The summed E-state index contributed by atoms with van der Waals surface area (Å²) in [6, 6.07) is 8.31. The van der Waals surface area contributed by atoms with Gasteiger partial charge >= 0.3 is 0 Å². The highest BCUT2D eigenvalue weighted by molar-refractivity contribution is 7.86. The van der Waals surface area contributed by atoms with Crippen molar-refractivity contribution in [3.05, 3.63) is 35.4 Å². The molecule has 1 aliphatic rings. The minimum atomic E-state index is -3.28. The molecule has 0 saturated heterocycles. The van der Waals surface area contributed by atoms with Crippen molar-refractivity contribution in [2.75, 3.05) is 27.2 Å². The van der Waals surface area contributed by atoms with Crippen molar-refractivity contribution < 1.29 is 8.42 Å². The molecule has 0 fully saturated rings. The molecule has 0 saturated carbocycles. The predicted molar refractivity (Wildman–Crippen MR) is 72.6 cm³/mol. The molecule has 18 heavy (non-hydrogen) atoms. The average molecular weight is 268 g/mol. The highest BCUT2D eigenvalue weighted by Gasteiger charge is 2.25. The van der Waals surface area contributed by atoms with Gasteiger partial charge in [0.05, 0.1) is 0 Å². The van der Waals surface area contributed by atoms with Gasteiger partial charge in [-0.15, -0.1) is 0 Å². The molecule has 1 aromatic carbocycles. The Hall–Kier alpha value is -0.910. The number of nitrogens with zero attached hydrogens (tertiary/aromatic N) is 2. The number of aryl methyl sites for hydroxylation is 1. The molecule has 2 rings (SSSR count). The fraction of sp³-hybridized carbons (Fsp3) is 0.538. The molecule has 0 atom stereocenters. The Morgan fingerprint density at radius 2 is 1.67 bits per heavy atom. The first-order chi connectivity index (χ1) is 8.51. The molecular formula is C13H20N2O2S. The van der Waals surface area contributed by atoms with Gasteiger partial charge in [0, 0.05) is 27.2 Å². The molecule has 0 aromatic heterocycles. The number of fused-ring (bicyclic) bond motifs is 1. The van der Waals surface area contributed by atoms with E-state index >= 15 is 0 Å². The molecule has 0 aliphatic carbocycles. The summed E-state index contributed by atoms with van der Waals surface area (Å²) in [7, 11) is -0.105. The molecule has 0 amide bonds. The van der Waals surface area contributed by atoms with E-state index in [1.807, 2.05) is 6.07 Å². The topological polar surface area (TPSA) is 40.6 Å². The van der Waals surface area contributed by atoms with E-state index < -0.39 is 10.2 Å². The average Bonchev–Trinajstić information content (AvgIpc) is 2.29. The summed E-state index contributed by atoms with van der Waals surface area (Å²) in [6.07, 6.45) is 2.63. The third-order valence-corrected chi connectivity index (χ3v) is 5.33. The summed E-state index contributed by atoms with van der Waals surface area (Å²) in [5.41, 5.74) is 2.63. The molecule has 0 N–H and O–H groups in total. The second-order valence-corrected chi connectivity index (χ2v) is 6.95. The van der Waals surface area contributed by atoms with Crippen LogP contribution in [-0.4, -0.2) is 44.2 Å². The first-order valence-electron chi connectivity index (χ1n) is 6.26. The molecule has 1 aromatic rings. The first-order valence-corrected chi connectivity index (χ1v) is 7.66. The maximum atomic E-state index is 12.1. The van der Waals surface area contributed by atoms with Gasteiger partial charge in [-0.25, -0.2) is 0 Å². The van der Waals surface area contributed by atoms with Gasteiger partial charge in [0.1, 0.15) is 0 Å². The van der Waals surface area contributed by atoms with Crippen LogP contribution in [0.5, 0.6) is 0 Å². The molecule has 1 heterocycles. The summed E-state index contributed by atoms with van der Waals surface area (Å²) in [5.74, 6) is 0. The standard InChI is InChI=1S/C13H20N2O2S/c1-14(2)18(16,17)15-10-5-8-12-6-3-4-7-13(12)9-11-15/h3-4,6-7H,5,8-11H2,1-2H3. The minimum absolute atomic E-state index is 0.567. The maximum absolute atomic E-state index is 12.1. The van der Waals surface area contributed by atoms with E-state index in [1.54, 1.807) is 18.4 Å². The van der Waals surface area contributed by atoms with E-state index in [4.69, 9.17) is 0 Å². The lowest BCUT2D eigenvalue weighted by atomic mass is 9.99. The van der Waals surface area contributed by atoms with E-state index in [1.165, 1.54) is 15.4 Å². The molecular weight excluding hydrogens is 248 g/mol. The Balaban J connectivity index is 2.19. The Kier molecular flexibility index (Phi) is 4.04. The predicted octanol–water partition coefficient (Wildman–Crippen LogP) is 1.28. The fourth-order valence-corrected chi connectivity index (χ4v) is 3.45. The second kappa shape index (κ2) is 5.38. The van der Waals surface area contributed by atoms with Crippen molar-refractivity contribution >= 4 is 10.2 Å². The third-order valence-electron chi connectivity index (χ3n) is 3.39. The van der Waals surface area contributed by atoms with Crippen molar-refractivity contribution in [3.63, 3.8) is 0 Å². The summed E-state index contributed by atoms with van der Waals surface area (Å²) >= 11 is 0. The van der Waals surface area contributed by atoms with Gasteiger partial charge in [0.15, 0.2) is 0 Å². The van der Waals surface area contributed by atoms with Gasteiger partial charge < -0.3 is 0 Å². The highest BCUT2D eigenvalue weighted by Crippen LogP contribution is 2.18. The largest absolute Gasteiger partial charge is 0.281 e. The van der Waals surface area contributed by atoms with Crippen LogP contribution in [0.1, 0.15) is 17.5 Å². The molecule has 0 unspecified atom stereocenters. The van der Waals surface area contributed by atoms with Crippen LogP contribution in [0.2, 0.25) is 0 Å². The zero-order valence-electron chi connectivity index (χ0n) is 11.0.